The van der Waals surface area contributed by atoms with E-state index in [4.69, 9.17) is 0 Å². The Morgan fingerprint density at radius 1 is 0.303 bits per heavy atom. The molecule has 0 atom stereocenters. The molecular formula is C94H103Br2N3. The van der Waals surface area contributed by atoms with Gasteiger partial charge in [0.15, 0.2) is 0 Å². The zero-order chi connectivity index (χ0) is 69.8. The zero-order valence-corrected chi connectivity index (χ0v) is 64.9. The number of hydrogen-bond donors (Lipinski definition) is 1. The number of aryl methyl sites for hydroxylation is 6. The molecule has 0 aromatic heterocycles. The molecule has 4 saturated carbocycles. The molecule has 0 bridgehead atoms. The van der Waals surface area contributed by atoms with Crippen molar-refractivity contribution in [3.05, 3.63) is 281 Å². The van der Waals surface area contributed by atoms with Gasteiger partial charge < -0.3 is 15.1 Å². The standard InChI is InChI=1S/C56H62N2.C20H18Br2.C18H23N/c1-37-31-41(53(5,6)7)32-38(2)51(37)57(43-19-13-11-14-20-43)45-23-25-47-48-26-24-46(36-50(48)56-29-17-27-55(56,28-18-30-56)49(47)35-45)58(44-21-15-12-16-22-44)52-39(3)33-42(34-40(52)4)54(8,9)10;21-13-3-5-15-16-6-4-14(22)12-18(16)20-8-1-7-19(20,9-2-10-20)17(15)11-13;1-13-11-15(18(3,4)5)12-14(2)17(13)19-16-9-7-6-8-10-16/h11-16,19-26,31-36H,17-18,27-30H2,1-10H3;3-6,11-12H,1-2,7-10H2;6-12,19H,1-5H3. The lowest BCUT2D eigenvalue weighted by Crippen LogP contribution is -2.43. The summed E-state index contributed by atoms with van der Waals surface area (Å²) in [6.07, 6.45) is 15.8. The Balaban J connectivity index is 0.000000164. The van der Waals surface area contributed by atoms with E-state index in [9.17, 15) is 0 Å². The number of benzene rings is 10. The summed E-state index contributed by atoms with van der Waals surface area (Å²) in [5, 5.41) is 3.52. The fourth-order valence-corrected chi connectivity index (χ4v) is 20.6. The number of nitrogens with zero attached hydrogens (tertiary/aromatic N) is 2. The highest BCUT2D eigenvalue weighted by atomic mass is 79.9. The second-order valence-electron chi connectivity index (χ2n) is 33.6. The Labute approximate surface area is 610 Å². The molecule has 16 rings (SSSR count). The van der Waals surface area contributed by atoms with Crippen molar-refractivity contribution in [3.63, 3.8) is 0 Å². The van der Waals surface area contributed by atoms with Crippen molar-refractivity contribution in [3.8, 4) is 22.3 Å². The first-order valence-electron chi connectivity index (χ1n) is 36.9. The fraction of sp³-hybridized carbons (Fsp3) is 0.362. The van der Waals surface area contributed by atoms with E-state index in [1.807, 2.05) is 6.07 Å². The molecule has 6 aliphatic rings. The van der Waals surface area contributed by atoms with E-state index >= 15 is 0 Å². The van der Waals surface area contributed by atoms with Crippen molar-refractivity contribution in [1.29, 1.82) is 0 Å². The molecule has 0 radical (unpaired) electrons. The molecule has 0 amide bonds. The Bertz CT molecular complexity index is 4380. The fourth-order valence-electron chi connectivity index (χ4n) is 19.9. The van der Waals surface area contributed by atoms with Gasteiger partial charge in [-0.15, -0.1) is 0 Å². The number of halogens is 2. The molecular weight excluding hydrogens is 1330 g/mol. The number of nitrogens with one attached hydrogen (secondary N) is 1. The first-order chi connectivity index (χ1) is 47.2. The summed E-state index contributed by atoms with van der Waals surface area (Å²) in [5.74, 6) is 0. The van der Waals surface area contributed by atoms with Gasteiger partial charge in [-0.3, -0.25) is 0 Å². The monoisotopic (exact) mass is 1430 g/mol. The van der Waals surface area contributed by atoms with E-state index in [2.05, 4.69) is 345 Å². The van der Waals surface area contributed by atoms with Gasteiger partial charge in [0.05, 0.1) is 11.4 Å². The second-order valence-corrected chi connectivity index (χ2v) is 35.4. The van der Waals surface area contributed by atoms with Crippen LogP contribution in [0.1, 0.15) is 212 Å². The average molecular weight is 1430 g/mol. The van der Waals surface area contributed by atoms with E-state index in [0.29, 0.717) is 10.8 Å². The third-order valence-electron chi connectivity index (χ3n) is 24.4. The number of anilines is 8. The van der Waals surface area contributed by atoms with Gasteiger partial charge in [0.2, 0.25) is 0 Å². The van der Waals surface area contributed by atoms with Crippen LogP contribution in [0.4, 0.5) is 45.5 Å². The van der Waals surface area contributed by atoms with Crippen molar-refractivity contribution in [2.45, 2.75) is 219 Å². The summed E-state index contributed by atoms with van der Waals surface area (Å²) in [5.41, 5.74) is 35.6. The summed E-state index contributed by atoms with van der Waals surface area (Å²) in [4.78, 5) is 5.09. The minimum absolute atomic E-state index is 0.0881. The topological polar surface area (TPSA) is 18.5 Å². The Kier molecular flexibility index (Phi) is 17.9. The summed E-state index contributed by atoms with van der Waals surface area (Å²) in [7, 11) is 0. The Morgan fingerprint density at radius 3 is 0.879 bits per heavy atom. The molecule has 0 spiro atoms. The minimum atomic E-state index is 0.0881. The van der Waals surface area contributed by atoms with E-state index in [-0.39, 0.29) is 27.1 Å². The maximum Gasteiger partial charge on any atom is 0.0520 e. The summed E-state index contributed by atoms with van der Waals surface area (Å²) >= 11 is 7.45. The summed E-state index contributed by atoms with van der Waals surface area (Å²) in [6, 6.07) is 75.7. The van der Waals surface area contributed by atoms with Crippen molar-refractivity contribution in [2.75, 3.05) is 15.1 Å². The minimum Gasteiger partial charge on any atom is -0.355 e. The van der Waals surface area contributed by atoms with Crippen LogP contribution in [0.5, 0.6) is 0 Å². The first-order valence-corrected chi connectivity index (χ1v) is 38.5. The van der Waals surface area contributed by atoms with Crippen molar-refractivity contribution >= 4 is 77.4 Å². The molecule has 10 aromatic carbocycles. The van der Waals surface area contributed by atoms with Gasteiger partial charge in [-0.05, 0) is 289 Å². The van der Waals surface area contributed by atoms with Crippen LogP contribution in [-0.4, -0.2) is 0 Å². The molecule has 0 heterocycles. The lowest BCUT2D eigenvalue weighted by Gasteiger charge is -2.48. The molecule has 4 fully saturated rings. The lowest BCUT2D eigenvalue weighted by atomic mass is 9.55. The molecule has 10 aromatic rings. The Morgan fingerprint density at radius 2 is 0.576 bits per heavy atom. The normalized spacial score (nSPS) is 20.7. The van der Waals surface area contributed by atoms with Gasteiger partial charge >= 0.3 is 0 Å². The highest BCUT2D eigenvalue weighted by molar-refractivity contribution is 9.10. The van der Waals surface area contributed by atoms with Gasteiger partial charge in [-0.1, -0.05) is 235 Å². The number of para-hydroxylation sites is 3. The quantitative estimate of drug-likeness (QED) is 0.164. The molecule has 508 valence electrons. The maximum absolute atomic E-state index is 3.72. The van der Waals surface area contributed by atoms with Gasteiger partial charge in [0.1, 0.15) is 0 Å². The van der Waals surface area contributed by atoms with Crippen LogP contribution in [-0.2, 0) is 37.9 Å². The molecule has 3 nitrogen and oxygen atoms in total. The van der Waals surface area contributed by atoms with E-state index < -0.39 is 0 Å². The van der Waals surface area contributed by atoms with E-state index in [1.54, 1.807) is 22.3 Å². The van der Waals surface area contributed by atoms with E-state index in [0.717, 1.165) is 5.69 Å². The predicted molar refractivity (Wildman–Crippen MR) is 431 cm³/mol. The van der Waals surface area contributed by atoms with Crippen LogP contribution in [0.15, 0.2) is 209 Å². The molecule has 0 saturated heterocycles. The van der Waals surface area contributed by atoms with Crippen LogP contribution < -0.4 is 15.1 Å². The molecule has 0 aliphatic heterocycles. The molecule has 5 heteroatoms. The highest BCUT2D eigenvalue weighted by Crippen LogP contribution is 2.71. The number of fused-ring (bicyclic) bond motifs is 6. The van der Waals surface area contributed by atoms with Crippen molar-refractivity contribution < 1.29 is 0 Å². The molecule has 99 heavy (non-hydrogen) atoms. The maximum atomic E-state index is 3.72. The molecule has 0 unspecified atom stereocenters. The second kappa shape index (κ2) is 25.9. The van der Waals surface area contributed by atoms with E-state index in [1.165, 1.54) is 198 Å². The first kappa shape index (κ1) is 68.7. The SMILES string of the molecule is Brc1ccc2c(c1)C13CCCC1(CCC3)c1cc(Br)ccc1-2.Cc1cc(C(C)(C)C)cc(C)c1N(c1ccccc1)c1ccc2c(c1)C13CCCC1(CCC3)c1cc(N(c3ccccc3)c3c(C)cc(C(C)(C)C)cc3C)ccc1-2.Cc1cc(C(C)(C)C)cc(C)c1Nc1ccccc1. The van der Waals surface area contributed by atoms with Gasteiger partial charge in [0.25, 0.3) is 0 Å². The zero-order valence-electron chi connectivity index (χ0n) is 61.7. The number of hydrogen-bond acceptors (Lipinski definition) is 3. The molecule has 1 N–H and O–H groups in total. The van der Waals surface area contributed by atoms with Crippen molar-refractivity contribution in [2.24, 2.45) is 0 Å². The third kappa shape index (κ3) is 11.9. The predicted octanol–water partition coefficient (Wildman–Crippen LogP) is 28.1. The average Bonchev–Trinajstić information content (AvgIpc) is 1.56. The lowest BCUT2D eigenvalue weighted by molar-refractivity contribution is 0.299. The highest BCUT2D eigenvalue weighted by Gasteiger charge is 2.64. The Hall–Kier alpha value is -7.44. The van der Waals surface area contributed by atoms with Crippen LogP contribution in [0.2, 0.25) is 0 Å². The van der Waals surface area contributed by atoms with Crippen molar-refractivity contribution in [1.82, 2.24) is 0 Å². The summed E-state index contributed by atoms with van der Waals surface area (Å²) < 4.78 is 2.46. The summed E-state index contributed by atoms with van der Waals surface area (Å²) in [6.45, 7) is 34.2. The third-order valence-corrected chi connectivity index (χ3v) is 25.4. The van der Waals surface area contributed by atoms with Gasteiger partial charge in [0, 0.05) is 64.7 Å². The number of rotatable bonds is 8. The van der Waals surface area contributed by atoms with Crippen LogP contribution >= 0.6 is 31.9 Å². The smallest absolute Gasteiger partial charge is 0.0520 e. The largest absolute Gasteiger partial charge is 0.355 e. The van der Waals surface area contributed by atoms with Gasteiger partial charge in [-0.2, -0.15) is 0 Å². The van der Waals surface area contributed by atoms with Crippen LogP contribution in [0, 0.1) is 41.5 Å². The van der Waals surface area contributed by atoms with Gasteiger partial charge in [-0.25, -0.2) is 0 Å². The molecule has 6 aliphatic carbocycles. The van der Waals surface area contributed by atoms with Crippen LogP contribution in [0.25, 0.3) is 22.3 Å². The van der Waals surface area contributed by atoms with Crippen LogP contribution in [0.3, 0.4) is 0 Å².